The van der Waals surface area contributed by atoms with Crippen LogP contribution in [0.3, 0.4) is 0 Å². The summed E-state index contributed by atoms with van der Waals surface area (Å²) in [5.74, 6) is -3.83. The molecule has 2 saturated heterocycles. The molecule has 0 N–H and O–H groups in total. The fourth-order valence-corrected chi connectivity index (χ4v) is 7.69. The third-order valence-electron chi connectivity index (χ3n) is 8.25. The molecule has 2 aliphatic heterocycles. The lowest BCUT2D eigenvalue weighted by atomic mass is 9.67. The molecule has 0 radical (unpaired) electrons. The fourth-order valence-electron chi connectivity index (χ4n) is 6.29. The van der Waals surface area contributed by atoms with Crippen LogP contribution in [0.5, 0.6) is 0 Å². The Hall–Kier alpha value is -4.11. The van der Waals surface area contributed by atoms with Gasteiger partial charge in [-0.25, -0.2) is 13.3 Å². The first-order chi connectivity index (χ1) is 18.6. The summed E-state index contributed by atoms with van der Waals surface area (Å²) in [6.07, 6.45) is 0.317. The molecule has 3 aliphatic rings. The van der Waals surface area contributed by atoms with Crippen molar-refractivity contribution >= 4 is 39.2 Å². The minimum absolute atomic E-state index is 0.0162. The summed E-state index contributed by atoms with van der Waals surface area (Å²) in [6, 6.07) is 19.7. The molecule has 39 heavy (non-hydrogen) atoms. The standard InChI is InChI=1S/C30H26N2O6S/c1-17-7-5-9-19(13-17)39(37,38)20-10-6-8-18(14-20)32-29(35)25-15-23(24-16-26(33)31(2)28(24)34)21-11-3-4-12-22(21)27(25)30(32)36/h3-14,23-25,27H,15-16H2,1-2H3. The van der Waals surface area contributed by atoms with Gasteiger partial charge in [0.1, 0.15) is 0 Å². The SMILES string of the molecule is Cc1cccc(S(=O)(=O)c2cccc(N3C(=O)C4CC(C5CC(=O)N(C)C5=O)c5ccccc5C4C3=O)c2)c1. The molecular weight excluding hydrogens is 516 g/mol. The van der Waals surface area contributed by atoms with Gasteiger partial charge >= 0.3 is 0 Å². The van der Waals surface area contributed by atoms with E-state index in [4.69, 9.17) is 0 Å². The van der Waals surface area contributed by atoms with Gasteiger partial charge in [0, 0.05) is 13.5 Å². The molecule has 4 unspecified atom stereocenters. The third kappa shape index (κ3) is 3.83. The number of nitrogens with zero attached hydrogens (tertiary/aromatic N) is 2. The van der Waals surface area contributed by atoms with Gasteiger partial charge in [-0.3, -0.25) is 24.1 Å². The van der Waals surface area contributed by atoms with E-state index in [0.717, 1.165) is 20.9 Å². The van der Waals surface area contributed by atoms with Crippen molar-refractivity contribution < 1.29 is 27.6 Å². The number of anilines is 1. The van der Waals surface area contributed by atoms with Crippen LogP contribution in [0.15, 0.2) is 82.6 Å². The molecule has 3 aromatic rings. The highest BCUT2D eigenvalue weighted by Gasteiger charge is 2.55. The molecule has 0 aromatic heterocycles. The van der Waals surface area contributed by atoms with Gasteiger partial charge in [-0.05, 0) is 66.3 Å². The van der Waals surface area contributed by atoms with Crippen LogP contribution in [0.1, 0.15) is 41.4 Å². The molecular formula is C30H26N2O6S. The Labute approximate surface area is 226 Å². The molecule has 2 heterocycles. The number of aryl methyl sites for hydroxylation is 1. The molecule has 1 aliphatic carbocycles. The number of hydrogen-bond acceptors (Lipinski definition) is 6. The van der Waals surface area contributed by atoms with E-state index >= 15 is 0 Å². The fraction of sp³-hybridized carbons (Fsp3) is 0.267. The Morgan fingerprint density at radius 2 is 1.38 bits per heavy atom. The van der Waals surface area contributed by atoms with Crippen molar-refractivity contribution in [1.82, 2.24) is 4.90 Å². The highest BCUT2D eigenvalue weighted by atomic mass is 32.2. The van der Waals surface area contributed by atoms with Crippen molar-refractivity contribution in [3.63, 3.8) is 0 Å². The maximum absolute atomic E-state index is 13.8. The van der Waals surface area contributed by atoms with Crippen LogP contribution in [0.2, 0.25) is 0 Å². The Morgan fingerprint density at radius 3 is 2.05 bits per heavy atom. The second-order valence-corrected chi connectivity index (χ2v) is 12.4. The molecule has 6 rings (SSSR count). The average molecular weight is 543 g/mol. The van der Waals surface area contributed by atoms with Crippen molar-refractivity contribution in [1.29, 1.82) is 0 Å². The molecule has 9 heteroatoms. The summed E-state index contributed by atoms with van der Waals surface area (Å²) >= 11 is 0. The van der Waals surface area contributed by atoms with E-state index in [0.29, 0.717) is 5.56 Å². The summed E-state index contributed by atoms with van der Waals surface area (Å²) in [5, 5.41) is 0. The monoisotopic (exact) mass is 542 g/mol. The Morgan fingerprint density at radius 1 is 0.718 bits per heavy atom. The lowest BCUT2D eigenvalue weighted by Gasteiger charge is -2.34. The van der Waals surface area contributed by atoms with Gasteiger partial charge in [0.2, 0.25) is 33.5 Å². The molecule has 4 amide bonds. The molecule has 2 fully saturated rings. The number of carbonyl (C=O) groups excluding carboxylic acids is 4. The van der Waals surface area contributed by atoms with Gasteiger partial charge in [-0.1, -0.05) is 42.5 Å². The van der Waals surface area contributed by atoms with E-state index in [1.807, 2.05) is 12.1 Å². The van der Waals surface area contributed by atoms with Crippen molar-refractivity contribution in [3.05, 3.63) is 89.5 Å². The van der Waals surface area contributed by atoms with Crippen LogP contribution >= 0.6 is 0 Å². The van der Waals surface area contributed by atoms with Gasteiger partial charge in [0.05, 0.1) is 33.2 Å². The molecule has 0 saturated carbocycles. The number of amides is 4. The third-order valence-corrected chi connectivity index (χ3v) is 10.0. The zero-order valence-electron chi connectivity index (χ0n) is 21.4. The summed E-state index contributed by atoms with van der Waals surface area (Å²) < 4.78 is 26.7. The minimum Gasteiger partial charge on any atom is -0.285 e. The van der Waals surface area contributed by atoms with E-state index in [1.165, 1.54) is 31.3 Å². The second kappa shape index (κ2) is 8.98. The number of carbonyl (C=O) groups is 4. The number of hydrogen-bond donors (Lipinski definition) is 0. The summed E-state index contributed by atoms with van der Waals surface area (Å²) in [7, 11) is -2.42. The molecule has 3 aromatic carbocycles. The van der Waals surface area contributed by atoms with Crippen LogP contribution < -0.4 is 4.90 Å². The predicted molar refractivity (Wildman–Crippen MR) is 141 cm³/mol. The average Bonchev–Trinajstić information content (AvgIpc) is 3.34. The summed E-state index contributed by atoms with van der Waals surface area (Å²) in [4.78, 5) is 55.1. The highest BCUT2D eigenvalue weighted by Crippen LogP contribution is 2.52. The van der Waals surface area contributed by atoms with Crippen LogP contribution in [0.4, 0.5) is 5.69 Å². The zero-order valence-corrected chi connectivity index (χ0v) is 22.2. The number of imide groups is 2. The van der Waals surface area contributed by atoms with Gasteiger partial charge in [-0.15, -0.1) is 0 Å². The minimum atomic E-state index is -3.88. The first-order valence-corrected chi connectivity index (χ1v) is 14.3. The molecule has 198 valence electrons. The summed E-state index contributed by atoms with van der Waals surface area (Å²) in [5.41, 5.74) is 2.47. The molecule has 0 bridgehead atoms. The molecule has 4 atom stereocenters. The lowest BCUT2D eigenvalue weighted by molar-refractivity contribution is -0.138. The van der Waals surface area contributed by atoms with Crippen molar-refractivity contribution in [2.45, 2.75) is 41.4 Å². The Balaban J connectivity index is 1.39. The van der Waals surface area contributed by atoms with E-state index in [-0.39, 0.29) is 46.1 Å². The van der Waals surface area contributed by atoms with Crippen LogP contribution in [-0.4, -0.2) is 44.0 Å². The molecule has 0 spiro atoms. The van der Waals surface area contributed by atoms with Crippen molar-refractivity contribution in [2.75, 3.05) is 11.9 Å². The summed E-state index contributed by atoms with van der Waals surface area (Å²) in [6.45, 7) is 1.80. The topological polar surface area (TPSA) is 109 Å². The number of sulfone groups is 1. The normalized spacial score (nSPS) is 24.8. The van der Waals surface area contributed by atoms with Gasteiger partial charge in [-0.2, -0.15) is 0 Å². The molecule has 8 nitrogen and oxygen atoms in total. The first kappa shape index (κ1) is 25.2. The van der Waals surface area contributed by atoms with E-state index in [1.54, 1.807) is 43.3 Å². The highest BCUT2D eigenvalue weighted by molar-refractivity contribution is 7.91. The number of likely N-dealkylation sites (tertiary alicyclic amines) is 1. The number of rotatable bonds is 4. The van der Waals surface area contributed by atoms with Crippen molar-refractivity contribution in [2.24, 2.45) is 11.8 Å². The van der Waals surface area contributed by atoms with Gasteiger partial charge < -0.3 is 0 Å². The maximum atomic E-state index is 13.8. The quantitative estimate of drug-likeness (QED) is 0.466. The van der Waals surface area contributed by atoms with E-state index < -0.39 is 39.4 Å². The zero-order chi connectivity index (χ0) is 27.6. The van der Waals surface area contributed by atoms with Crippen LogP contribution in [0, 0.1) is 18.8 Å². The lowest BCUT2D eigenvalue weighted by Crippen LogP contribution is -2.33. The van der Waals surface area contributed by atoms with Crippen LogP contribution in [0.25, 0.3) is 0 Å². The van der Waals surface area contributed by atoms with Crippen molar-refractivity contribution in [3.8, 4) is 0 Å². The van der Waals surface area contributed by atoms with Gasteiger partial charge in [0.25, 0.3) is 0 Å². The van der Waals surface area contributed by atoms with E-state index in [9.17, 15) is 27.6 Å². The number of fused-ring (bicyclic) bond motifs is 3. The second-order valence-electron chi connectivity index (χ2n) is 10.5. The van der Waals surface area contributed by atoms with Crippen LogP contribution in [-0.2, 0) is 29.0 Å². The largest absolute Gasteiger partial charge is 0.285 e. The Bertz CT molecular complexity index is 1680. The predicted octanol–water partition coefficient (Wildman–Crippen LogP) is 3.59. The first-order valence-electron chi connectivity index (χ1n) is 12.8. The van der Waals surface area contributed by atoms with E-state index in [2.05, 4.69) is 0 Å². The smallest absolute Gasteiger partial charge is 0.242 e. The van der Waals surface area contributed by atoms with Gasteiger partial charge in [0.15, 0.2) is 0 Å². The number of benzene rings is 3. The maximum Gasteiger partial charge on any atom is 0.242 e. The Kier molecular flexibility index (Phi) is 5.80.